The van der Waals surface area contributed by atoms with Crippen LogP contribution < -0.4 is 5.32 Å². The lowest BCUT2D eigenvalue weighted by Crippen LogP contribution is -2.48. The summed E-state index contributed by atoms with van der Waals surface area (Å²) in [5.74, 6) is 1.35. The molecule has 1 N–H and O–H groups in total. The molecular formula is C19H32N4O2. The van der Waals surface area contributed by atoms with E-state index in [0.717, 1.165) is 24.5 Å². The number of hydrogen-bond donors (Lipinski definition) is 1. The highest BCUT2D eigenvalue weighted by atomic mass is 16.5. The lowest BCUT2D eigenvalue weighted by Gasteiger charge is -2.35. The van der Waals surface area contributed by atoms with Crippen molar-refractivity contribution < 1.29 is 9.53 Å². The van der Waals surface area contributed by atoms with E-state index in [9.17, 15) is 4.79 Å². The Kier molecular flexibility index (Phi) is 6.12. The van der Waals surface area contributed by atoms with Crippen LogP contribution in [0.1, 0.15) is 37.6 Å². The number of ether oxygens (including phenoxy) is 1. The van der Waals surface area contributed by atoms with E-state index in [1.54, 1.807) is 0 Å². The second-order valence-corrected chi connectivity index (χ2v) is 7.73. The van der Waals surface area contributed by atoms with Crippen LogP contribution >= 0.6 is 0 Å². The molecule has 140 valence electrons. The summed E-state index contributed by atoms with van der Waals surface area (Å²) in [4.78, 5) is 14.7. The van der Waals surface area contributed by atoms with Crippen LogP contribution in [-0.2, 0) is 16.1 Å². The molecule has 6 heteroatoms. The molecule has 3 unspecified atom stereocenters. The van der Waals surface area contributed by atoms with Gasteiger partial charge in [-0.05, 0) is 57.7 Å². The van der Waals surface area contributed by atoms with Crippen LogP contribution in [0, 0.1) is 25.7 Å². The SMILES string of the molecule is Cc1cc(C)n(CC2CN(C(=O)CC(C)C3CCCNC3)CCO2)n1. The molecule has 0 aliphatic carbocycles. The highest BCUT2D eigenvalue weighted by Crippen LogP contribution is 2.23. The Balaban J connectivity index is 1.51. The van der Waals surface area contributed by atoms with Crippen molar-refractivity contribution >= 4 is 5.91 Å². The number of carbonyl (C=O) groups excluding carboxylic acids is 1. The second-order valence-electron chi connectivity index (χ2n) is 7.73. The molecule has 3 rings (SSSR count). The van der Waals surface area contributed by atoms with Gasteiger partial charge in [0.15, 0.2) is 0 Å². The van der Waals surface area contributed by atoms with Crippen molar-refractivity contribution in [2.24, 2.45) is 11.8 Å². The quantitative estimate of drug-likeness (QED) is 0.881. The summed E-state index contributed by atoms with van der Waals surface area (Å²) in [6.07, 6.45) is 3.15. The van der Waals surface area contributed by atoms with Crippen LogP contribution in [0.25, 0.3) is 0 Å². The maximum Gasteiger partial charge on any atom is 0.223 e. The summed E-state index contributed by atoms with van der Waals surface area (Å²) >= 11 is 0. The Morgan fingerprint density at radius 1 is 1.48 bits per heavy atom. The second kappa shape index (κ2) is 8.32. The van der Waals surface area contributed by atoms with E-state index in [4.69, 9.17) is 4.74 Å². The number of nitrogens with zero attached hydrogens (tertiary/aromatic N) is 3. The standard InChI is InChI=1S/C19H32N4O2/c1-14(17-5-4-6-20-11-17)9-19(24)22-7-8-25-18(12-22)13-23-16(3)10-15(2)21-23/h10,14,17-18,20H,4-9,11-13H2,1-3H3. The van der Waals surface area contributed by atoms with Gasteiger partial charge >= 0.3 is 0 Å². The Bertz CT molecular complexity index is 580. The van der Waals surface area contributed by atoms with Gasteiger partial charge in [0, 0.05) is 25.2 Å². The number of hydrogen-bond acceptors (Lipinski definition) is 4. The maximum absolute atomic E-state index is 12.7. The molecule has 6 nitrogen and oxygen atoms in total. The third kappa shape index (κ3) is 4.82. The van der Waals surface area contributed by atoms with Crippen LogP contribution in [0.15, 0.2) is 6.07 Å². The fourth-order valence-electron chi connectivity index (χ4n) is 4.04. The Morgan fingerprint density at radius 2 is 2.32 bits per heavy atom. The summed E-state index contributed by atoms with van der Waals surface area (Å²) in [6.45, 7) is 11.2. The minimum Gasteiger partial charge on any atom is -0.373 e. The van der Waals surface area contributed by atoms with Gasteiger partial charge in [0.1, 0.15) is 0 Å². The molecule has 1 aromatic rings. The number of amides is 1. The molecule has 3 atom stereocenters. The van der Waals surface area contributed by atoms with E-state index in [-0.39, 0.29) is 12.0 Å². The van der Waals surface area contributed by atoms with Crippen LogP contribution in [0.5, 0.6) is 0 Å². The maximum atomic E-state index is 12.7. The monoisotopic (exact) mass is 348 g/mol. The zero-order valence-corrected chi connectivity index (χ0v) is 15.8. The summed E-state index contributed by atoms with van der Waals surface area (Å²) < 4.78 is 7.87. The van der Waals surface area contributed by atoms with Crippen LogP contribution in [0.4, 0.5) is 0 Å². The Labute approximate surface area is 150 Å². The van der Waals surface area contributed by atoms with Gasteiger partial charge in [-0.2, -0.15) is 5.10 Å². The van der Waals surface area contributed by atoms with Crippen LogP contribution in [0.2, 0.25) is 0 Å². The van der Waals surface area contributed by atoms with Crippen molar-refractivity contribution in [1.29, 1.82) is 0 Å². The van der Waals surface area contributed by atoms with Gasteiger partial charge in [0.25, 0.3) is 0 Å². The summed E-state index contributed by atoms with van der Waals surface area (Å²) in [6, 6.07) is 2.08. The minimum atomic E-state index is 0.0300. The predicted octanol–water partition coefficient (Wildman–Crippen LogP) is 1.75. The van der Waals surface area contributed by atoms with Gasteiger partial charge in [0.2, 0.25) is 5.91 Å². The van der Waals surface area contributed by atoms with E-state index in [0.29, 0.717) is 44.5 Å². The molecule has 0 radical (unpaired) electrons. The van der Waals surface area contributed by atoms with Crippen molar-refractivity contribution in [2.45, 2.75) is 52.7 Å². The van der Waals surface area contributed by atoms with Crippen molar-refractivity contribution in [2.75, 3.05) is 32.8 Å². The summed E-state index contributed by atoms with van der Waals surface area (Å²) in [5, 5.41) is 7.97. The minimum absolute atomic E-state index is 0.0300. The molecule has 2 aliphatic heterocycles. The first-order valence-corrected chi connectivity index (χ1v) is 9.64. The van der Waals surface area contributed by atoms with Gasteiger partial charge < -0.3 is 15.0 Å². The molecule has 0 saturated carbocycles. The first kappa shape index (κ1) is 18.4. The molecule has 0 bridgehead atoms. The molecule has 2 fully saturated rings. The topological polar surface area (TPSA) is 59.4 Å². The van der Waals surface area contributed by atoms with E-state index in [2.05, 4.69) is 30.3 Å². The first-order valence-electron chi connectivity index (χ1n) is 9.64. The van der Waals surface area contributed by atoms with Gasteiger partial charge in [-0.15, -0.1) is 0 Å². The van der Waals surface area contributed by atoms with Gasteiger partial charge in [-0.1, -0.05) is 6.92 Å². The Morgan fingerprint density at radius 3 is 3.00 bits per heavy atom. The van der Waals surface area contributed by atoms with E-state index >= 15 is 0 Å². The average molecular weight is 348 g/mol. The van der Waals surface area contributed by atoms with Crippen molar-refractivity contribution in [3.8, 4) is 0 Å². The zero-order valence-electron chi connectivity index (χ0n) is 15.8. The van der Waals surface area contributed by atoms with Crippen molar-refractivity contribution in [1.82, 2.24) is 20.0 Å². The molecule has 25 heavy (non-hydrogen) atoms. The van der Waals surface area contributed by atoms with E-state index in [1.165, 1.54) is 12.8 Å². The fourth-order valence-corrected chi connectivity index (χ4v) is 4.04. The zero-order chi connectivity index (χ0) is 17.8. The lowest BCUT2D eigenvalue weighted by molar-refractivity contribution is -0.140. The average Bonchev–Trinajstić information content (AvgIpc) is 2.93. The predicted molar refractivity (Wildman–Crippen MR) is 97.4 cm³/mol. The number of nitrogens with one attached hydrogen (secondary N) is 1. The molecule has 1 amide bonds. The number of morpholine rings is 1. The highest BCUT2D eigenvalue weighted by molar-refractivity contribution is 5.76. The Hall–Kier alpha value is -1.40. The number of aromatic nitrogens is 2. The third-order valence-corrected chi connectivity index (χ3v) is 5.61. The van der Waals surface area contributed by atoms with Gasteiger partial charge in [-0.3, -0.25) is 9.48 Å². The normalized spacial score (nSPS) is 25.8. The molecule has 0 aromatic carbocycles. The van der Waals surface area contributed by atoms with E-state index in [1.807, 2.05) is 16.5 Å². The summed E-state index contributed by atoms with van der Waals surface area (Å²) in [5.41, 5.74) is 2.17. The highest BCUT2D eigenvalue weighted by Gasteiger charge is 2.28. The fraction of sp³-hybridized carbons (Fsp3) is 0.789. The van der Waals surface area contributed by atoms with Gasteiger partial charge in [0.05, 0.1) is 24.9 Å². The number of piperidine rings is 1. The van der Waals surface area contributed by atoms with E-state index < -0.39 is 0 Å². The van der Waals surface area contributed by atoms with Gasteiger partial charge in [-0.25, -0.2) is 0 Å². The smallest absolute Gasteiger partial charge is 0.223 e. The molecule has 2 saturated heterocycles. The lowest BCUT2D eigenvalue weighted by atomic mass is 9.85. The number of rotatable bonds is 5. The number of aryl methyl sites for hydroxylation is 2. The third-order valence-electron chi connectivity index (χ3n) is 5.61. The first-order chi connectivity index (χ1) is 12.0. The number of carbonyl (C=O) groups is 1. The summed E-state index contributed by atoms with van der Waals surface area (Å²) in [7, 11) is 0. The van der Waals surface area contributed by atoms with Crippen molar-refractivity contribution in [3.05, 3.63) is 17.5 Å². The molecule has 0 spiro atoms. The molecule has 1 aromatic heterocycles. The van der Waals surface area contributed by atoms with Crippen molar-refractivity contribution in [3.63, 3.8) is 0 Å². The largest absolute Gasteiger partial charge is 0.373 e. The molecule has 3 heterocycles. The van der Waals surface area contributed by atoms with Crippen LogP contribution in [0.3, 0.4) is 0 Å². The molecular weight excluding hydrogens is 316 g/mol. The van der Waals surface area contributed by atoms with Crippen LogP contribution in [-0.4, -0.2) is 59.5 Å². The molecule has 2 aliphatic rings.